The number of carbonyl (C=O) groups is 2. The predicted molar refractivity (Wildman–Crippen MR) is 106 cm³/mol. The molecular formula is C21H28N6O2. The van der Waals surface area contributed by atoms with Gasteiger partial charge in [0, 0.05) is 50.6 Å². The quantitative estimate of drug-likeness (QED) is 0.836. The third kappa shape index (κ3) is 2.88. The molecule has 1 atom stereocenters. The highest BCUT2D eigenvalue weighted by Crippen LogP contribution is 2.52. The molecule has 2 amide bonds. The Kier molecular flexibility index (Phi) is 3.92. The van der Waals surface area contributed by atoms with E-state index in [9.17, 15) is 9.59 Å². The van der Waals surface area contributed by atoms with Gasteiger partial charge in [-0.05, 0) is 25.2 Å². The summed E-state index contributed by atoms with van der Waals surface area (Å²) in [6, 6.07) is -0.0887. The average molecular weight is 396 g/mol. The number of rotatable bonds is 5. The van der Waals surface area contributed by atoms with Crippen molar-refractivity contribution in [3.63, 3.8) is 0 Å². The van der Waals surface area contributed by atoms with Gasteiger partial charge in [-0.1, -0.05) is 13.8 Å². The maximum absolute atomic E-state index is 13.0. The van der Waals surface area contributed by atoms with Crippen molar-refractivity contribution in [2.45, 2.75) is 51.1 Å². The highest BCUT2D eigenvalue weighted by molar-refractivity contribution is 5.93. The number of aryl methyl sites for hydroxylation is 1. The number of fused-ring (bicyclic) bond motifs is 2. The first-order valence-corrected chi connectivity index (χ1v) is 10.4. The average Bonchev–Trinajstić information content (AvgIpc) is 2.98. The standard InChI is InChI=1S/C21H28N6O2/c1-14(2)8-20(4-5-20)19(29)24-15-9-21(27-7-6-22-17(15)27)11-26(12-21)18(28)16-10-25(3)13-23-16/h6-7,10,13-15H,4-5,8-9,11-12H2,1-3H3,(H,24,29). The van der Waals surface area contributed by atoms with Crippen LogP contribution in [0, 0.1) is 11.3 Å². The van der Waals surface area contributed by atoms with Crippen LogP contribution in [0.25, 0.3) is 0 Å². The van der Waals surface area contributed by atoms with Gasteiger partial charge in [-0.25, -0.2) is 9.97 Å². The molecule has 2 aromatic rings. The first-order chi connectivity index (χ1) is 13.8. The Bertz CT molecular complexity index is 963. The van der Waals surface area contributed by atoms with E-state index in [0.717, 1.165) is 31.5 Å². The van der Waals surface area contributed by atoms with Crippen LogP contribution < -0.4 is 5.32 Å². The van der Waals surface area contributed by atoms with Crippen LogP contribution >= 0.6 is 0 Å². The van der Waals surface area contributed by atoms with Gasteiger partial charge in [0.15, 0.2) is 0 Å². The molecular weight excluding hydrogens is 368 g/mol. The van der Waals surface area contributed by atoms with Crippen molar-refractivity contribution in [1.82, 2.24) is 29.3 Å². The molecule has 8 heteroatoms. The number of likely N-dealkylation sites (tertiary alicyclic amines) is 1. The number of aromatic nitrogens is 4. The molecule has 1 N–H and O–H groups in total. The highest BCUT2D eigenvalue weighted by atomic mass is 16.2. The second-order valence-electron chi connectivity index (χ2n) is 9.57. The number of hydrogen-bond donors (Lipinski definition) is 1. The van der Waals surface area contributed by atoms with E-state index in [-0.39, 0.29) is 28.8 Å². The van der Waals surface area contributed by atoms with Gasteiger partial charge in [0.25, 0.3) is 5.91 Å². The summed E-state index contributed by atoms with van der Waals surface area (Å²) < 4.78 is 3.95. The van der Waals surface area contributed by atoms with Crippen molar-refractivity contribution >= 4 is 11.8 Å². The Morgan fingerprint density at radius 1 is 1.28 bits per heavy atom. The van der Waals surface area contributed by atoms with Crippen molar-refractivity contribution in [3.05, 3.63) is 36.4 Å². The zero-order valence-corrected chi connectivity index (χ0v) is 17.3. The van der Waals surface area contributed by atoms with E-state index in [2.05, 4.69) is 33.7 Å². The maximum atomic E-state index is 13.0. The van der Waals surface area contributed by atoms with Crippen LogP contribution in [0.2, 0.25) is 0 Å². The van der Waals surface area contributed by atoms with Crippen molar-refractivity contribution in [2.75, 3.05) is 13.1 Å². The molecule has 3 aliphatic rings. The first kappa shape index (κ1) is 18.4. The van der Waals surface area contributed by atoms with Gasteiger partial charge in [0.1, 0.15) is 11.5 Å². The Morgan fingerprint density at radius 2 is 2.03 bits per heavy atom. The van der Waals surface area contributed by atoms with E-state index in [1.807, 2.05) is 18.1 Å². The zero-order valence-electron chi connectivity index (χ0n) is 17.3. The summed E-state index contributed by atoms with van der Waals surface area (Å²) in [4.78, 5) is 36.2. The van der Waals surface area contributed by atoms with E-state index in [1.54, 1.807) is 23.3 Å². The normalized spacial score (nSPS) is 23.2. The van der Waals surface area contributed by atoms with Crippen LogP contribution in [0.3, 0.4) is 0 Å². The summed E-state index contributed by atoms with van der Waals surface area (Å²) in [5, 5.41) is 3.29. The van der Waals surface area contributed by atoms with Gasteiger partial charge in [-0.2, -0.15) is 0 Å². The lowest BCUT2D eigenvalue weighted by atomic mass is 9.85. The van der Waals surface area contributed by atoms with Crippen LogP contribution in [0.15, 0.2) is 24.9 Å². The third-order valence-electron chi connectivity index (χ3n) is 6.70. The summed E-state index contributed by atoms with van der Waals surface area (Å²) >= 11 is 0. The first-order valence-electron chi connectivity index (χ1n) is 10.4. The largest absolute Gasteiger partial charge is 0.346 e. The lowest BCUT2D eigenvalue weighted by molar-refractivity contribution is -0.127. The summed E-state index contributed by atoms with van der Waals surface area (Å²) in [5.41, 5.74) is 0.116. The van der Waals surface area contributed by atoms with Crippen LogP contribution in [0.5, 0.6) is 0 Å². The predicted octanol–water partition coefficient (Wildman–Crippen LogP) is 1.86. The van der Waals surface area contributed by atoms with Crippen molar-refractivity contribution < 1.29 is 9.59 Å². The minimum Gasteiger partial charge on any atom is -0.346 e. The molecule has 2 fully saturated rings. The fourth-order valence-electron chi connectivity index (χ4n) is 5.20. The molecule has 154 valence electrons. The molecule has 2 aromatic heterocycles. The molecule has 0 bridgehead atoms. The zero-order chi connectivity index (χ0) is 20.4. The Morgan fingerprint density at radius 3 is 2.66 bits per heavy atom. The second-order valence-corrected chi connectivity index (χ2v) is 9.57. The molecule has 1 unspecified atom stereocenters. The van der Waals surface area contributed by atoms with Crippen LogP contribution in [0.4, 0.5) is 0 Å². The van der Waals surface area contributed by atoms with E-state index in [0.29, 0.717) is 24.7 Å². The summed E-state index contributed by atoms with van der Waals surface area (Å²) in [6.07, 6.45) is 10.8. The molecule has 0 radical (unpaired) electrons. The number of amides is 2. The van der Waals surface area contributed by atoms with Gasteiger partial charge in [0.2, 0.25) is 5.91 Å². The Hall–Kier alpha value is -2.64. The summed E-state index contributed by atoms with van der Waals surface area (Å²) in [6.45, 7) is 5.59. The minimum absolute atomic E-state index is 0.0424. The van der Waals surface area contributed by atoms with Gasteiger partial charge >= 0.3 is 0 Å². The number of nitrogens with zero attached hydrogens (tertiary/aromatic N) is 5. The summed E-state index contributed by atoms with van der Waals surface area (Å²) in [7, 11) is 1.86. The van der Waals surface area contributed by atoms with E-state index in [4.69, 9.17) is 0 Å². The smallest absolute Gasteiger partial charge is 0.274 e. The Balaban J connectivity index is 1.29. The molecule has 29 heavy (non-hydrogen) atoms. The topological polar surface area (TPSA) is 85.0 Å². The fraction of sp³-hybridized carbons (Fsp3) is 0.619. The monoisotopic (exact) mass is 396 g/mol. The number of imidazole rings is 2. The third-order valence-corrected chi connectivity index (χ3v) is 6.70. The number of nitrogens with one attached hydrogen (secondary N) is 1. The number of carbonyl (C=O) groups excluding carboxylic acids is 2. The molecule has 1 aliphatic carbocycles. The van der Waals surface area contributed by atoms with E-state index >= 15 is 0 Å². The van der Waals surface area contributed by atoms with Crippen LogP contribution in [-0.2, 0) is 17.4 Å². The van der Waals surface area contributed by atoms with Gasteiger partial charge < -0.3 is 19.4 Å². The lowest BCUT2D eigenvalue weighted by Crippen LogP contribution is -2.63. The molecule has 5 rings (SSSR count). The fourth-order valence-corrected chi connectivity index (χ4v) is 5.20. The molecule has 8 nitrogen and oxygen atoms in total. The van der Waals surface area contributed by atoms with Crippen molar-refractivity contribution in [3.8, 4) is 0 Å². The van der Waals surface area contributed by atoms with Crippen molar-refractivity contribution in [1.29, 1.82) is 0 Å². The molecule has 0 aromatic carbocycles. The highest BCUT2D eigenvalue weighted by Gasteiger charge is 2.56. The number of hydrogen-bond acceptors (Lipinski definition) is 4. The van der Waals surface area contributed by atoms with E-state index in [1.165, 1.54) is 0 Å². The van der Waals surface area contributed by atoms with Gasteiger partial charge in [-0.3, -0.25) is 9.59 Å². The van der Waals surface area contributed by atoms with E-state index < -0.39 is 0 Å². The van der Waals surface area contributed by atoms with Gasteiger partial charge in [-0.15, -0.1) is 0 Å². The minimum atomic E-state index is -0.179. The van der Waals surface area contributed by atoms with Gasteiger partial charge in [0.05, 0.1) is 17.9 Å². The molecule has 1 spiro atoms. The lowest BCUT2D eigenvalue weighted by Gasteiger charge is -2.48. The SMILES string of the molecule is CC(C)CC1(C(=O)NC2CC3(CN(C(=O)c4cn(C)cn4)C3)n3ccnc32)CC1. The summed E-state index contributed by atoms with van der Waals surface area (Å²) in [5.74, 6) is 1.55. The molecule has 1 saturated carbocycles. The maximum Gasteiger partial charge on any atom is 0.274 e. The van der Waals surface area contributed by atoms with Crippen molar-refractivity contribution in [2.24, 2.45) is 18.4 Å². The molecule has 4 heterocycles. The molecule has 1 saturated heterocycles. The van der Waals surface area contributed by atoms with Crippen LogP contribution in [0.1, 0.15) is 61.9 Å². The second kappa shape index (κ2) is 6.18. The van der Waals surface area contributed by atoms with Crippen LogP contribution in [-0.4, -0.2) is 48.9 Å². The Labute approximate surface area is 170 Å². The molecule has 2 aliphatic heterocycles.